The van der Waals surface area contributed by atoms with E-state index in [1.54, 1.807) is 0 Å². The maximum absolute atomic E-state index is 12.7. The standard InChI is InChI=1S/C30H38N4O3/c31-17-20-37-21-19-33-30(36)28(22-24-8-3-1-4-9-24)34-29(35)12-7-18-32-23-25-13-15-27(16-14-25)26-10-5-2-6-11-26/h1-6,8-11,13-16,28,32H,7,12,17-23,31H2,(H,33,36)(H,34,35)/t28-/m0/s1. The van der Waals surface area contributed by atoms with Crippen molar-refractivity contribution in [3.05, 3.63) is 96.1 Å². The number of amides is 2. The highest BCUT2D eigenvalue weighted by molar-refractivity contribution is 5.87. The van der Waals surface area contributed by atoms with Crippen molar-refractivity contribution >= 4 is 11.8 Å². The van der Waals surface area contributed by atoms with E-state index in [1.807, 2.05) is 48.5 Å². The number of benzene rings is 3. The first kappa shape index (κ1) is 28.1. The topological polar surface area (TPSA) is 105 Å². The van der Waals surface area contributed by atoms with E-state index >= 15 is 0 Å². The Morgan fingerprint density at radius 1 is 0.784 bits per heavy atom. The molecule has 0 aliphatic carbocycles. The molecule has 0 radical (unpaired) electrons. The van der Waals surface area contributed by atoms with Crippen LogP contribution in [0.5, 0.6) is 0 Å². The molecule has 0 aliphatic heterocycles. The summed E-state index contributed by atoms with van der Waals surface area (Å²) in [6.45, 7) is 3.10. The Kier molecular flexibility index (Phi) is 12.3. The van der Waals surface area contributed by atoms with E-state index in [0.717, 1.165) is 12.1 Å². The summed E-state index contributed by atoms with van der Waals surface area (Å²) in [5.74, 6) is -0.352. The molecule has 37 heavy (non-hydrogen) atoms. The summed E-state index contributed by atoms with van der Waals surface area (Å²) in [5.41, 5.74) is 9.98. The molecule has 0 spiro atoms. The second-order valence-electron chi connectivity index (χ2n) is 8.85. The second kappa shape index (κ2) is 16.3. The summed E-state index contributed by atoms with van der Waals surface area (Å²) >= 11 is 0. The predicted molar refractivity (Wildman–Crippen MR) is 148 cm³/mol. The molecule has 0 unspecified atom stereocenters. The molecule has 3 rings (SSSR count). The minimum atomic E-state index is -0.638. The Labute approximate surface area is 219 Å². The summed E-state index contributed by atoms with van der Waals surface area (Å²) in [5, 5.41) is 9.15. The highest BCUT2D eigenvalue weighted by Crippen LogP contribution is 2.19. The van der Waals surface area contributed by atoms with Crippen molar-refractivity contribution in [3.63, 3.8) is 0 Å². The van der Waals surface area contributed by atoms with Gasteiger partial charge in [0.25, 0.3) is 0 Å². The summed E-state index contributed by atoms with van der Waals surface area (Å²) in [7, 11) is 0. The highest BCUT2D eigenvalue weighted by atomic mass is 16.5. The van der Waals surface area contributed by atoms with Crippen LogP contribution in [0, 0.1) is 0 Å². The number of ether oxygens (including phenoxy) is 1. The highest BCUT2D eigenvalue weighted by Gasteiger charge is 2.20. The van der Waals surface area contributed by atoms with Crippen LogP contribution in [0.25, 0.3) is 11.1 Å². The minimum absolute atomic E-state index is 0.135. The van der Waals surface area contributed by atoms with Crippen molar-refractivity contribution in [1.29, 1.82) is 0 Å². The number of hydrogen-bond donors (Lipinski definition) is 4. The van der Waals surface area contributed by atoms with E-state index < -0.39 is 6.04 Å². The predicted octanol–water partition coefficient (Wildman–Crippen LogP) is 3.04. The van der Waals surface area contributed by atoms with Gasteiger partial charge in [0.2, 0.25) is 11.8 Å². The molecule has 3 aromatic carbocycles. The number of nitrogens with two attached hydrogens (primary N) is 1. The van der Waals surface area contributed by atoms with Crippen molar-refractivity contribution < 1.29 is 14.3 Å². The quantitative estimate of drug-likeness (QED) is 0.225. The van der Waals surface area contributed by atoms with Crippen molar-refractivity contribution in [2.75, 3.05) is 32.8 Å². The van der Waals surface area contributed by atoms with Gasteiger partial charge in [-0.25, -0.2) is 0 Å². The van der Waals surface area contributed by atoms with Gasteiger partial charge in [0, 0.05) is 32.5 Å². The lowest BCUT2D eigenvalue weighted by Gasteiger charge is -2.19. The Hall–Kier alpha value is -3.52. The lowest BCUT2D eigenvalue weighted by atomic mass is 10.0. The van der Waals surface area contributed by atoms with Gasteiger partial charge in [-0.15, -0.1) is 0 Å². The van der Waals surface area contributed by atoms with Gasteiger partial charge in [0.1, 0.15) is 6.04 Å². The van der Waals surface area contributed by atoms with Gasteiger partial charge in [-0.3, -0.25) is 9.59 Å². The van der Waals surface area contributed by atoms with Gasteiger partial charge in [-0.05, 0) is 35.2 Å². The zero-order valence-electron chi connectivity index (χ0n) is 21.3. The van der Waals surface area contributed by atoms with Crippen molar-refractivity contribution in [2.45, 2.75) is 31.8 Å². The lowest BCUT2D eigenvalue weighted by molar-refractivity contribution is -0.129. The average Bonchev–Trinajstić information content (AvgIpc) is 2.93. The first-order valence-corrected chi connectivity index (χ1v) is 12.9. The fourth-order valence-corrected chi connectivity index (χ4v) is 3.93. The van der Waals surface area contributed by atoms with E-state index in [2.05, 4.69) is 52.3 Å². The van der Waals surface area contributed by atoms with Crippen LogP contribution in [0.1, 0.15) is 24.0 Å². The SMILES string of the molecule is NCCOCCNC(=O)[C@H](Cc1ccccc1)NC(=O)CCCNCc1ccc(-c2ccccc2)cc1. The van der Waals surface area contributed by atoms with Crippen LogP contribution in [0.2, 0.25) is 0 Å². The average molecular weight is 503 g/mol. The zero-order chi connectivity index (χ0) is 26.1. The van der Waals surface area contributed by atoms with Crippen LogP contribution in [-0.4, -0.2) is 50.7 Å². The molecule has 0 aliphatic rings. The Morgan fingerprint density at radius 3 is 2.16 bits per heavy atom. The third-order valence-electron chi connectivity index (χ3n) is 5.89. The normalized spacial score (nSPS) is 11.6. The smallest absolute Gasteiger partial charge is 0.243 e. The summed E-state index contributed by atoms with van der Waals surface area (Å²) in [6.07, 6.45) is 1.46. The van der Waals surface area contributed by atoms with Crippen LogP contribution in [0.15, 0.2) is 84.9 Å². The number of carbonyl (C=O) groups excluding carboxylic acids is 2. The van der Waals surface area contributed by atoms with Crippen LogP contribution < -0.4 is 21.7 Å². The molecule has 7 heteroatoms. The third-order valence-corrected chi connectivity index (χ3v) is 5.89. The second-order valence-corrected chi connectivity index (χ2v) is 8.85. The molecule has 0 saturated carbocycles. The van der Waals surface area contributed by atoms with Crippen molar-refractivity contribution in [1.82, 2.24) is 16.0 Å². The molecule has 0 fully saturated rings. The number of nitrogens with one attached hydrogen (secondary N) is 3. The Morgan fingerprint density at radius 2 is 1.46 bits per heavy atom. The van der Waals surface area contributed by atoms with Crippen molar-refractivity contribution in [2.24, 2.45) is 5.73 Å². The number of hydrogen-bond acceptors (Lipinski definition) is 5. The summed E-state index contributed by atoms with van der Waals surface area (Å²) in [6, 6.07) is 27.8. The van der Waals surface area contributed by atoms with Crippen molar-refractivity contribution in [3.8, 4) is 11.1 Å². The van der Waals surface area contributed by atoms with Gasteiger partial charge in [0.15, 0.2) is 0 Å². The van der Waals surface area contributed by atoms with Gasteiger partial charge >= 0.3 is 0 Å². The molecular weight excluding hydrogens is 464 g/mol. The van der Waals surface area contributed by atoms with E-state index in [4.69, 9.17) is 10.5 Å². The number of carbonyl (C=O) groups is 2. The first-order chi connectivity index (χ1) is 18.2. The molecule has 0 bridgehead atoms. The van der Waals surface area contributed by atoms with Crippen LogP contribution in [0.4, 0.5) is 0 Å². The maximum Gasteiger partial charge on any atom is 0.243 e. The van der Waals surface area contributed by atoms with E-state index in [9.17, 15) is 9.59 Å². The fourth-order valence-electron chi connectivity index (χ4n) is 3.93. The molecule has 1 atom stereocenters. The monoisotopic (exact) mass is 502 g/mol. The molecule has 2 amide bonds. The molecular formula is C30H38N4O3. The minimum Gasteiger partial charge on any atom is -0.378 e. The molecule has 0 saturated heterocycles. The van der Waals surface area contributed by atoms with Crippen LogP contribution >= 0.6 is 0 Å². The molecule has 3 aromatic rings. The van der Waals surface area contributed by atoms with Crippen LogP contribution in [-0.2, 0) is 27.3 Å². The van der Waals surface area contributed by atoms with E-state index in [-0.39, 0.29) is 11.8 Å². The molecule has 5 N–H and O–H groups in total. The molecule has 7 nitrogen and oxygen atoms in total. The molecule has 196 valence electrons. The fraction of sp³-hybridized carbons (Fsp3) is 0.333. The Bertz CT molecular complexity index is 1060. The van der Waals surface area contributed by atoms with Gasteiger partial charge in [-0.1, -0.05) is 84.9 Å². The van der Waals surface area contributed by atoms with E-state index in [1.165, 1.54) is 16.7 Å². The van der Waals surface area contributed by atoms with Gasteiger partial charge in [-0.2, -0.15) is 0 Å². The molecule has 0 heterocycles. The largest absolute Gasteiger partial charge is 0.378 e. The maximum atomic E-state index is 12.7. The zero-order valence-corrected chi connectivity index (χ0v) is 21.3. The number of rotatable bonds is 16. The Balaban J connectivity index is 1.39. The molecule has 0 aromatic heterocycles. The summed E-state index contributed by atoms with van der Waals surface area (Å²) in [4.78, 5) is 25.4. The first-order valence-electron chi connectivity index (χ1n) is 12.9. The van der Waals surface area contributed by atoms with E-state index in [0.29, 0.717) is 52.1 Å². The van der Waals surface area contributed by atoms with Gasteiger partial charge in [0.05, 0.1) is 13.2 Å². The lowest BCUT2D eigenvalue weighted by Crippen LogP contribution is -2.48. The van der Waals surface area contributed by atoms with Gasteiger partial charge < -0.3 is 26.4 Å². The third kappa shape index (κ3) is 10.6. The van der Waals surface area contributed by atoms with Crippen LogP contribution in [0.3, 0.4) is 0 Å². The summed E-state index contributed by atoms with van der Waals surface area (Å²) < 4.78 is 5.31.